The summed E-state index contributed by atoms with van der Waals surface area (Å²) >= 11 is 0. The standard InChI is InChI=1S/C17H22O5/c1-9-12(19)11-7-14(3,8-21-10(2)18)13(20)17(11)15(4,22-17)16(9)5-6-16/h7,9,13,20H,5-6,8H2,1-4H3/t9-,13+,14+,15-,17-/m1/s1. The van der Waals surface area contributed by atoms with E-state index in [0.29, 0.717) is 5.57 Å². The van der Waals surface area contributed by atoms with Crippen LogP contribution in [0.25, 0.3) is 0 Å². The van der Waals surface area contributed by atoms with Gasteiger partial charge in [0.2, 0.25) is 0 Å². The molecule has 5 nitrogen and oxygen atoms in total. The number of hydrogen-bond donors (Lipinski definition) is 1. The smallest absolute Gasteiger partial charge is 0.302 e. The Bertz CT molecular complexity index is 633. The normalized spacial score (nSPS) is 50.2. The van der Waals surface area contributed by atoms with Crippen LogP contribution in [0.15, 0.2) is 11.6 Å². The predicted octanol–water partition coefficient (Wildman–Crippen LogP) is 1.38. The number of fused-ring (bicyclic) bond motifs is 1. The molecule has 0 aromatic rings. The lowest BCUT2D eigenvalue weighted by atomic mass is 9.62. The Labute approximate surface area is 129 Å². The molecule has 4 rings (SSSR count). The Kier molecular flexibility index (Phi) is 2.39. The van der Waals surface area contributed by atoms with Gasteiger partial charge in [0.1, 0.15) is 18.3 Å². The second-order valence-electron chi connectivity index (χ2n) is 7.86. The molecule has 0 aromatic carbocycles. The first-order chi connectivity index (χ1) is 10.1. The van der Waals surface area contributed by atoms with Gasteiger partial charge in [0.25, 0.3) is 0 Å². The lowest BCUT2D eigenvalue weighted by Crippen LogP contribution is -2.53. The van der Waals surface area contributed by atoms with Crippen molar-refractivity contribution in [1.29, 1.82) is 0 Å². The summed E-state index contributed by atoms with van der Waals surface area (Å²) in [5.74, 6) is -0.391. The van der Waals surface area contributed by atoms with Crippen LogP contribution in [0.4, 0.5) is 0 Å². The summed E-state index contributed by atoms with van der Waals surface area (Å²) in [5.41, 5.74) is -1.71. The zero-order chi connectivity index (χ0) is 16.1. The number of ketones is 1. The molecule has 5 heteroatoms. The molecule has 4 aliphatic rings. The van der Waals surface area contributed by atoms with Crippen molar-refractivity contribution in [2.24, 2.45) is 16.7 Å². The van der Waals surface area contributed by atoms with E-state index in [4.69, 9.17) is 9.47 Å². The Balaban J connectivity index is 1.77. The van der Waals surface area contributed by atoms with Crippen LogP contribution in [0, 0.1) is 16.7 Å². The summed E-state index contributed by atoms with van der Waals surface area (Å²) < 4.78 is 11.3. The predicted molar refractivity (Wildman–Crippen MR) is 76.9 cm³/mol. The zero-order valence-electron chi connectivity index (χ0n) is 13.4. The maximum atomic E-state index is 12.8. The highest BCUT2D eigenvalue weighted by Gasteiger charge is 2.90. The summed E-state index contributed by atoms with van der Waals surface area (Å²) in [6.45, 7) is 7.22. The van der Waals surface area contributed by atoms with Gasteiger partial charge in [0.05, 0.1) is 0 Å². The zero-order valence-corrected chi connectivity index (χ0v) is 13.4. The van der Waals surface area contributed by atoms with E-state index in [1.165, 1.54) is 6.92 Å². The number of esters is 1. The molecule has 0 unspecified atom stereocenters. The highest BCUT2D eigenvalue weighted by atomic mass is 16.6. The number of hydrogen-bond acceptors (Lipinski definition) is 5. The third kappa shape index (κ3) is 1.26. The van der Waals surface area contributed by atoms with E-state index in [1.54, 1.807) is 6.08 Å². The summed E-state index contributed by atoms with van der Waals surface area (Å²) in [7, 11) is 0. The molecule has 0 aromatic heterocycles. The maximum absolute atomic E-state index is 12.8. The number of Topliss-reactive ketones (excluding diaryl/α,β-unsaturated/α-hetero) is 1. The minimum Gasteiger partial charge on any atom is -0.465 e. The fraction of sp³-hybridized carbons (Fsp3) is 0.765. The minimum atomic E-state index is -0.901. The number of aliphatic hydroxyl groups excluding tert-OH is 1. The number of epoxide rings is 1. The maximum Gasteiger partial charge on any atom is 0.302 e. The molecular weight excluding hydrogens is 284 g/mol. The fourth-order valence-electron chi connectivity index (χ4n) is 5.10. The van der Waals surface area contributed by atoms with Crippen molar-refractivity contribution in [1.82, 2.24) is 0 Å². The van der Waals surface area contributed by atoms with Crippen molar-refractivity contribution in [3.63, 3.8) is 0 Å². The van der Waals surface area contributed by atoms with E-state index in [9.17, 15) is 14.7 Å². The second kappa shape index (κ2) is 3.65. The van der Waals surface area contributed by atoms with Crippen LogP contribution in [0.3, 0.4) is 0 Å². The fourth-order valence-corrected chi connectivity index (χ4v) is 5.10. The SMILES string of the molecule is CC(=O)OC[C@]1(C)C=C2C(=O)[C@@H](C)C3(CC3)[C@@]3(C)O[C@@]23[C@H]1O. The van der Waals surface area contributed by atoms with Gasteiger partial charge in [0, 0.05) is 29.2 Å². The molecule has 0 bridgehead atoms. The summed E-state index contributed by atoms with van der Waals surface area (Å²) in [5, 5.41) is 11.0. The monoisotopic (exact) mass is 306 g/mol. The molecule has 2 spiro atoms. The Morgan fingerprint density at radius 2 is 2.09 bits per heavy atom. The molecular formula is C17H22O5. The van der Waals surface area contributed by atoms with Crippen molar-refractivity contribution in [2.45, 2.75) is 57.8 Å². The van der Waals surface area contributed by atoms with Crippen LogP contribution >= 0.6 is 0 Å². The van der Waals surface area contributed by atoms with Gasteiger partial charge in [-0.3, -0.25) is 9.59 Å². The van der Waals surface area contributed by atoms with Gasteiger partial charge in [-0.25, -0.2) is 0 Å². The van der Waals surface area contributed by atoms with Crippen LogP contribution in [0.2, 0.25) is 0 Å². The van der Waals surface area contributed by atoms with E-state index in [0.717, 1.165) is 12.8 Å². The van der Waals surface area contributed by atoms with E-state index in [1.807, 2.05) is 20.8 Å². The molecule has 120 valence electrons. The molecule has 1 aliphatic heterocycles. The van der Waals surface area contributed by atoms with E-state index in [2.05, 4.69) is 0 Å². The molecule has 3 aliphatic carbocycles. The topological polar surface area (TPSA) is 76.1 Å². The molecule has 0 amide bonds. The summed E-state index contributed by atoms with van der Waals surface area (Å²) in [4.78, 5) is 24.0. The summed E-state index contributed by atoms with van der Waals surface area (Å²) in [6, 6.07) is 0. The van der Waals surface area contributed by atoms with Gasteiger partial charge in [-0.1, -0.05) is 19.9 Å². The average Bonchev–Trinajstić information content (AvgIpc) is 3.33. The first-order valence-electron chi connectivity index (χ1n) is 7.94. The van der Waals surface area contributed by atoms with Crippen LogP contribution < -0.4 is 0 Å². The Morgan fingerprint density at radius 3 is 2.64 bits per heavy atom. The van der Waals surface area contributed by atoms with Gasteiger partial charge in [-0.2, -0.15) is 0 Å². The average molecular weight is 306 g/mol. The summed E-state index contributed by atoms with van der Waals surface area (Å²) in [6.07, 6.45) is 2.87. The van der Waals surface area contributed by atoms with Crippen molar-refractivity contribution in [3.05, 3.63) is 11.6 Å². The van der Waals surface area contributed by atoms with Crippen LogP contribution in [0.5, 0.6) is 0 Å². The highest BCUT2D eigenvalue weighted by molar-refractivity contribution is 6.04. The van der Waals surface area contributed by atoms with Crippen molar-refractivity contribution in [3.8, 4) is 0 Å². The van der Waals surface area contributed by atoms with Crippen molar-refractivity contribution >= 4 is 11.8 Å². The number of aliphatic hydroxyl groups is 1. The lowest BCUT2D eigenvalue weighted by molar-refractivity contribution is -0.145. The third-order valence-corrected chi connectivity index (χ3v) is 6.73. The molecule has 1 heterocycles. The molecule has 22 heavy (non-hydrogen) atoms. The van der Waals surface area contributed by atoms with Gasteiger partial charge in [0.15, 0.2) is 11.4 Å². The Hall–Kier alpha value is -1.20. The number of ether oxygens (including phenoxy) is 2. The lowest BCUT2D eigenvalue weighted by Gasteiger charge is -2.37. The van der Waals surface area contributed by atoms with Crippen LogP contribution in [0.1, 0.15) is 40.5 Å². The molecule has 2 saturated carbocycles. The quantitative estimate of drug-likeness (QED) is 0.616. The van der Waals surface area contributed by atoms with Gasteiger partial charge >= 0.3 is 5.97 Å². The largest absolute Gasteiger partial charge is 0.465 e. The molecule has 1 N–H and O–H groups in total. The highest BCUT2D eigenvalue weighted by Crippen LogP contribution is 2.80. The van der Waals surface area contributed by atoms with Gasteiger partial charge in [-0.15, -0.1) is 0 Å². The van der Waals surface area contributed by atoms with Gasteiger partial charge < -0.3 is 14.6 Å². The third-order valence-electron chi connectivity index (χ3n) is 6.73. The van der Waals surface area contributed by atoms with Gasteiger partial charge in [-0.05, 0) is 19.8 Å². The van der Waals surface area contributed by atoms with Crippen LogP contribution in [-0.4, -0.2) is 40.8 Å². The minimum absolute atomic E-state index is 0.0584. The number of carbonyl (C=O) groups excluding carboxylic acids is 2. The van der Waals surface area contributed by atoms with E-state index < -0.39 is 28.7 Å². The van der Waals surface area contributed by atoms with Crippen molar-refractivity contribution in [2.75, 3.05) is 6.61 Å². The van der Waals surface area contributed by atoms with Crippen LogP contribution in [-0.2, 0) is 19.1 Å². The van der Waals surface area contributed by atoms with E-state index >= 15 is 0 Å². The second-order valence-corrected chi connectivity index (χ2v) is 7.86. The molecule has 0 radical (unpaired) electrons. The van der Waals surface area contributed by atoms with Crippen molar-refractivity contribution < 1.29 is 24.2 Å². The first kappa shape index (κ1) is 14.4. The number of rotatable bonds is 2. The first-order valence-corrected chi connectivity index (χ1v) is 7.94. The number of carbonyl (C=O) groups is 2. The van der Waals surface area contributed by atoms with E-state index in [-0.39, 0.29) is 23.7 Å². The molecule has 5 atom stereocenters. The molecule has 1 saturated heterocycles. The molecule has 3 fully saturated rings. The Morgan fingerprint density at radius 1 is 1.45 bits per heavy atom.